The summed E-state index contributed by atoms with van der Waals surface area (Å²) < 4.78 is 63.2. The van der Waals surface area contributed by atoms with E-state index in [1.807, 2.05) is 0 Å². The van der Waals surface area contributed by atoms with E-state index in [0.29, 0.717) is 0 Å². The van der Waals surface area contributed by atoms with Gasteiger partial charge in [-0.05, 0) is 17.7 Å². The zero-order chi connectivity index (χ0) is 12.3. The number of hydrogen-bond acceptors (Lipinski definition) is 2. The monoisotopic (exact) mass is 277 g/mol. The smallest absolute Gasteiger partial charge is 0.406 e. The molecule has 0 bridgehead atoms. The van der Waals surface area contributed by atoms with Crippen LogP contribution in [0, 0.1) is 0 Å². The molecule has 1 aromatic rings. The van der Waals surface area contributed by atoms with Crippen LogP contribution < -0.4 is 10.5 Å². The van der Waals surface area contributed by atoms with Crippen molar-refractivity contribution in [2.75, 3.05) is 0 Å². The fourth-order valence-corrected chi connectivity index (χ4v) is 1.04. The molecular weight excluding hydrogens is 269 g/mol. The van der Waals surface area contributed by atoms with Gasteiger partial charge in [-0.2, -0.15) is 0 Å². The maximum atomic E-state index is 12.1. The third kappa shape index (κ3) is 5.18. The summed E-state index contributed by atoms with van der Waals surface area (Å²) in [5, 5.41) is 0. The maximum Gasteiger partial charge on any atom is 0.573 e. The third-order valence-electron chi connectivity index (χ3n) is 1.77. The lowest BCUT2D eigenvalue weighted by atomic mass is 10.1. The van der Waals surface area contributed by atoms with Gasteiger partial charge in [-0.15, -0.1) is 25.6 Å². The van der Waals surface area contributed by atoms with Crippen LogP contribution in [-0.2, 0) is 0 Å². The Balaban J connectivity index is 0.00000256. The fourth-order valence-electron chi connectivity index (χ4n) is 1.04. The van der Waals surface area contributed by atoms with Gasteiger partial charge in [0.15, 0.2) is 0 Å². The number of hydrogen-bond donors (Lipinski definition) is 1. The van der Waals surface area contributed by atoms with E-state index in [9.17, 15) is 22.0 Å². The van der Waals surface area contributed by atoms with Gasteiger partial charge in [-0.25, -0.2) is 8.78 Å². The first-order chi connectivity index (χ1) is 7.29. The normalized spacial score (nSPS) is 13.1. The summed E-state index contributed by atoms with van der Waals surface area (Å²) in [5.41, 5.74) is 5.15. The first-order valence-corrected chi connectivity index (χ1v) is 4.19. The van der Waals surface area contributed by atoms with Crippen LogP contribution in [0.2, 0.25) is 0 Å². The molecule has 2 N–H and O–H groups in total. The molecule has 0 aliphatic rings. The predicted molar refractivity (Wildman–Crippen MR) is 53.3 cm³/mol. The Morgan fingerprint density at radius 2 is 1.53 bits per heavy atom. The lowest BCUT2D eigenvalue weighted by Gasteiger charge is -2.12. The Kier molecular flexibility index (Phi) is 5.63. The van der Waals surface area contributed by atoms with Gasteiger partial charge < -0.3 is 10.5 Å². The lowest BCUT2D eigenvalue weighted by Crippen LogP contribution is -2.19. The quantitative estimate of drug-likeness (QED) is 0.861. The summed E-state index contributed by atoms with van der Waals surface area (Å²) in [6.45, 7) is 0. The van der Waals surface area contributed by atoms with Crippen molar-refractivity contribution in [2.24, 2.45) is 5.73 Å². The first kappa shape index (κ1) is 15.9. The number of ether oxygens (including phenoxy) is 1. The molecule has 8 heteroatoms. The fraction of sp³-hybridized carbons (Fsp3) is 0.333. The van der Waals surface area contributed by atoms with Crippen LogP contribution >= 0.6 is 12.4 Å². The molecule has 0 fully saturated rings. The molecule has 0 saturated heterocycles. The molecule has 0 unspecified atom stereocenters. The largest absolute Gasteiger partial charge is 0.573 e. The summed E-state index contributed by atoms with van der Waals surface area (Å²) in [4.78, 5) is 0. The van der Waals surface area contributed by atoms with E-state index >= 15 is 0 Å². The Hall–Kier alpha value is -1.08. The van der Waals surface area contributed by atoms with Crippen molar-refractivity contribution in [3.63, 3.8) is 0 Å². The number of benzene rings is 1. The molecule has 1 rings (SSSR count). The van der Waals surface area contributed by atoms with E-state index in [-0.39, 0.29) is 18.0 Å². The summed E-state index contributed by atoms with van der Waals surface area (Å²) in [5.74, 6) is -0.474. The number of rotatable bonds is 3. The third-order valence-corrected chi connectivity index (χ3v) is 1.77. The second kappa shape index (κ2) is 6.02. The van der Waals surface area contributed by atoms with E-state index in [1.54, 1.807) is 0 Å². The minimum Gasteiger partial charge on any atom is -0.406 e. The molecule has 0 radical (unpaired) electrons. The highest BCUT2D eigenvalue weighted by Crippen LogP contribution is 2.25. The Bertz CT molecular complexity index is 340. The molecule has 0 heterocycles. The van der Waals surface area contributed by atoms with Crippen LogP contribution in [0.4, 0.5) is 22.0 Å². The highest BCUT2D eigenvalue weighted by molar-refractivity contribution is 5.85. The SMILES string of the molecule is Cl.N[C@@H](c1ccc(OC(F)(F)F)cc1)C(F)F. The van der Waals surface area contributed by atoms with Gasteiger partial charge in [0.05, 0.1) is 6.04 Å². The Morgan fingerprint density at radius 1 is 1.06 bits per heavy atom. The van der Waals surface area contributed by atoms with Gasteiger partial charge in [0.1, 0.15) is 5.75 Å². The molecule has 2 nitrogen and oxygen atoms in total. The molecule has 0 amide bonds. The molecule has 98 valence electrons. The lowest BCUT2D eigenvalue weighted by molar-refractivity contribution is -0.274. The zero-order valence-corrected chi connectivity index (χ0v) is 9.06. The topological polar surface area (TPSA) is 35.2 Å². The maximum absolute atomic E-state index is 12.1. The molecule has 0 spiro atoms. The van der Waals surface area contributed by atoms with Crippen LogP contribution in [0.3, 0.4) is 0 Å². The molecule has 1 atom stereocenters. The van der Waals surface area contributed by atoms with E-state index in [0.717, 1.165) is 24.3 Å². The van der Waals surface area contributed by atoms with Crippen molar-refractivity contribution in [2.45, 2.75) is 18.8 Å². The minimum atomic E-state index is -4.80. The second-order valence-electron chi connectivity index (χ2n) is 2.98. The molecular formula is C9H9ClF5NO. The van der Waals surface area contributed by atoms with E-state index in [2.05, 4.69) is 4.74 Å². The summed E-state index contributed by atoms with van der Waals surface area (Å²) in [7, 11) is 0. The van der Waals surface area contributed by atoms with Crippen LogP contribution in [0.25, 0.3) is 0 Å². The molecule has 1 aromatic carbocycles. The number of nitrogens with two attached hydrogens (primary N) is 1. The number of alkyl halides is 5. The van der Waals surface area contributed by atoms with Crippen molar-refractivity contribution in [3.05, 3.63) is 29.8 Å². The Labute approximate surface area is 100.0 Å². The van der Waals surface area contributed by atoms with Crippen molar-refractivity contribution >= 4 is 12.4 Å². The van der Waals surface area contributed by atoms with Gasteiger partial charge in [0, 0.05) is 0 Å². The summed E-state index contributed by atoms with van der Waals surface area (Å²) in [6, 6.07) is 2.49. The van der Waals surface area contributed by atoms with Crippen LogP contribution in [0.5, 0.6) is 5.75 Å². The minimum absolute atomic E-state index is 0. The average molecular weight is 278 g/mol. The van der Waals surface area contributed by atoms with Crippen LogP contribution in [-0.4, -0.2) is 12.8 Å². The molecule has 0 saturated carbocycles. The highest BCUT2D eigenvalue weighted by atomic mass is 35.5. The molecule has 0 aromatic heterocycles. The summed E-state index contributed by atoms with van der Waals surface area (Å²) >= 11 is 0. The zero-order valence-electron chi connectivity index (χ0n) is 8.25. The van der Waals surface area contributed by atoms with Crippen LogP contribution in [0.15, 0.2) is 24.3 Å². The first-order valence-electron chi connectivity index (χ1n) is 4.19. The van der Waals surface area contributed by atoms with Gasteiger partial charge in [0.25, 0.3) is 6.43 Å². The Morgan fingerprint density at radius 3 is 1.88 bits per heavy atom. The van der Waals surface area contributed by atoms with E-state index in [4.69, 9.17) is 5.73 Å². The predicted octanol–water partition coefficient (Wildman–Crippen LogP) is 3.27. The van der Waals surface area contributed by atoms with Gasteiger partial charge >= 0.3 is 6.36 Å². The van der Waals surface area contributed by atoms with Crippen molar-refractivity contribution < 1.29 is 26.7 Å². The van der Waals surface area contributed by atoms with Gasteiger partial charge in [0.2, 0.25) is 0 Å². The standard InChI is InChI=1S/C9H8F5NO.ClH/c10-8(11)7(15)5-1-3-6(4-2-5)16-9(12,13)14;/h1-4,7-8H,15H2;1H/t7-;/m0./s1. The second-order valence-corrected chi connectivity index (χ2v) is 2.98. The molecule has 0 aliphatic carbocycles. The van der Waals surface area contributed by atoms with E-state index in [1.165, 1.54) is 0 Å². The van der Waals surface area contributed by atoms with Gasteiger partial charge in [-0.1, -0.05) is 12.1 Å². The van der Waals surface area contributed by atoms with Crippen molar-refractivity contribution in [1.82, 2.24) is 0 Å². The van der Waals surface area contributed by atoms with Crippen molar-refractivity contribution in [3.8, 4) is 5.75 Å². The molecule has 17 heavy (non-hydrogen) atoms. The molecule has 0 aliphatic heterocycles. The van der Waals surface area contributed by atoms with Crippen LogP contribution in [0.1, 0.15) is 11.6 Å². The highest BCUT2D eigenvalue weighted by Gasteiger charge is 2.31. The van der Waals surface area contributed by atoms with E-state index < -0.39 is 24.6 Å². The summed E-state index contributed by atoms with van der Waals surface area (Å²) in [6.07, 6.45) is -7.57. The number of halogens is 6. The van der Waals surface area contributed by atoms with Gasteiger partial charge in [-0.3, -0.25) is 0 Å². The van der Waals surface area contributed by atoms with Crippen molar-refractivity contribution in [1.29, 1.82) is 0 Å². The average Bonchev–Trinajstić information content (AvgIpc) is 2.15.